The first-order valence-electron chi connectivity index (χ1n) is 7.72. The second-order valence-corrected chi connectivity index (χ2v) is 6.59. The van der Waals surface area contributed by atoms with Crippen LogP contribution in [0.3, 0.4) is 0 Å². The number of piperidine rings is 1. The molecule has 3 heteroatoms. The standard InChI is InChI=1S/C15H30N2O/c1-4-9-16-13-6-5-10-17(11-13)12-14-7-8-15(2,3)18-14/h13-14,16H,4-12H2,1-3H3. The molecular formula is C15H30N2O. The highest BCUT2D eigenvalue weighted by Crippen LogP contribution is 2.30. The van der Waals surface area contributed by atoms with Gasteiger partial charge in [-0.3, -0.25) is 4.90 Å². The van der Waals surface area contributed by atoms with Gasteiger partial charge < -0.3 is 10.1 Å². The van der Waals surface area contributed by atoms with Crippen molar-refractivity contribution in [3.05, 3.63) is 0 Å². The lowest BCUT2D eigenvalue weighted by atomic mass is 10.0. The summed E-state index contributed by atoms with van der Waals surface area (Å²) in [6.45, 7) is 11.4. The van der Waals surface area contributed by atoms with Crippen molar-refractivity contribution in [1.82, 2.24) is 10.2 Å². The lowest BCUT2D eigenvalue weighted by molar-refractivity contribution is -0.0317. The van der Waals surface area contributed by atoms with Crippen molar-refractivity contribution < 1.29 is 4.74 Å². The summed E-state index contributed by atoms with van der Waals surface area (Å²) in [7, 11) is 0. The molecule has 2 fully saturated rings. The molecule has 1 N–H and O–H groups in total. The minimum Gasteiger partial charge on any atom is -0.371 e. The fourth-order valence-corrected chi connectivity index (χ4v) is 3.23. The van der Waals surface area contributed by atoms with Crippen LogP contribution in [-0.2, 0) is 4.74 Å². The molecule has 2 rings (SSSR count). The summed E-state index contributed by atoms with van der Waals surface area (Å²) in [5.41, 5.74) is 0.111. The lowest BCUT2D eigenvalue weighted by Gasteiger charge is -2.35. The van der Waals surface area contributed by atoms with Gasteiger partial charge in [-0.1, -0.05) is 6.92 Å². The van der Waals surface area contributed by atoms with Crippen LogP contribution in [-0.4, -0.2) is 48.8 Å². The highest BCUT2D eigenvalue weighted by Gasteiger charge is 2.33. The van der Waals surface area contributed by atoms with E-state index in [4.69, 9.17) is 4.74 Å². The van der Waals surface area contributed by atoms with E-state index in [1.54, 1.807) is 0 Å². The van der Waals surface area contributed by atoms with Crippen LogP contribution in [0.4, 0.5) is 0 Å². The second kappa shape index (κ2) is 6.36. The molecule has 0 aromatic carbocycles. The highest BCUT2D eigenvalue weighted by atomic mass is 16.5. The molecule has 2 atom stereocenters. The van der Waals surface area contributed by atoms with E-state index >= 15 is 0 Å². The Morgan fingerprint density at radius 3 is 2.83 bits per heavy atom. The summed E-state index contributed by atoms with van der Waals surface area (Å²) < 4.78 is 6.11. The van der Waals surface area contributed by atoms with Crippen LogP contribution in [0.25, 0.3) is 0 Å². The van der Waals surface area contributed by atoms with Crippen molar-refractivity contribution in [3.63, 3.8) is 0 Å². The Bertz CT molecular complexity index is 255. The number of hydrogen-bond donors (Lipinski definition) is 1. The topological polar surface area (TPSA) is 24.5 Å². The molecule has 2 unspecified atom stereocenters. The van der Waals surface area contributed by atoms with E-state index in [1.165, 1.54) is 45.2 Å². The molecule has 106 valence electrons. The predicted molar refractivity (Wildman–Crippen MR) is 75.9 cm³/mol. The van der Waals surface area contributed by atoms with Gasteiger partial charge in [0.25, 0.3) is 0 Å². The molecule has 2 aliphatic heterocycles. The summed E-state index contributed by atoms with van der Waals surface area (Å²) in [5.74, 6) is 0. The first-order chi connectivity index (χ1) is 8.59. The maximum atomic E-state index is 6.11. The van der Waals surface area contributed by atoms with Crippen molar-refractivity contribution in [3.8, 4) is 0 Å². The Balaban J connectivity index is 1.72. The Labute approximate surface area is 112 Å². The summed E-state index contributed by atoms with van der Waals surface area (Å²) >= 11 is 0. The molecule has 0 aromatic heterocycles. The van der Waals surface area contributed by atoms with Crippen LogP contribution in [0, 0.1) is 0 Å². The minimum atomic E-state index is 0.111. The molecule has 0 aliphatic carbocycles. The monoisotopic (exact) mass is 254 g/mol. The van der Waals surface area contributed by atoms with Gasteiger partial charge in [0.1, 0.15) is 0 Å². The summed E-state index contributed by atoms with van der Waals surface area (Å²) in [6.07, 6.45) is 6.81. The maximum absolute atomic E-state index is 6.11. The zero-order chi connectivity index (χ0) is 13.0. The highest BCUT2D eigenvalue weighted by molar-refractivity contribution is 4.85. The number of ether oxygens (including phenoxy) is 1. The van der Waals surface area contributed by atoms with Gasteiger partial charge >= 0.3 is 0 Å². The average molecular weight is 254 g/mol. The van der Waals surface area contributed by atoms with Gasteiger partial charge in [0, 0.05) is 19.1 Å². The molecule has 0 radical (unpaired) electrons. The third-order valence-corrected chi connectivity index (χ3v) is 4.20. The Hall–Kier alpha value is -0.120. The maximum Gasteiger partial charge on any atom is 0.0710 e. The Morgan fingerprint density at radius 2 is 2.17 bits per heavy atom. The summed E-state index contributed by atoms with van der Waals surface area (Å²) in [5, 5.41) is 3.66. The molecule has 0 amide bonds. The summed E-state index contributed by atoms with van der Waals surface area (Å²) in [6, 6.07) is 0.702. The first kappa shape index (κ1) is 14.3. The third-order valence-electron chi connectivity index (χ3n) is 4.20. The molecule has 0 aromatic rings. The predicted octanol–water partition coefficient (Wildman–Crippen LogP) is 2.41. The average Bonchev–Trinajstić information content (AvgIpc) is 2.66. The van der Waals surface area contributed by atoms with Gasteiger partial charge in [-0.05, 0) is 59.0 Å². The van der Waals surface area contributed by atoms with Gasteiger partial charge in [0.15, 0.2) is 0 Å². The first-order valence-corrected chi connectivity index (χ1v) is 7.72. The van der Waals surface area contributed by atoms with Crippen LogP contribution in [0.5, 0.6) is 0 Å². The van der Waals surface area contributed by atoms with E-state index in [1.807, 2.05) is 0 Å². The van der Waals surface area contributed by atoms with E-state index < -0.39 is 0 Å². The normalized spacial score (nSPS) is 32.8. The molecule has 0 spiro atoms. The van der Waals surface area contributed by atoms with E-state index in [2.05, 4.69) is 31.0 Å². The molecule has 2 saturated heterocycles. The second-order valence-electron chi connectivity index (χ2n) is 6.59. The fraction of sp³-hybridized carbons (Fsp3) is 1.00. The smallest absolute Gasteiger partial charge is 0.0710 e. The van der Waals surface area contributed by atoms with Crippen molar-refractivity contribution in [2.75, 3.05) is 26.2 Å². The van der Waals surface area contributed by atoms with Crippen molar-refractivity contribution in [1.29, 1.82) is 0 Å². The van der Waals surface area contributed by atoms with E-state index in [-0.39, 0.29) is 5.60 Å². The number of nitrogens with one attached hydrogen (secondary N) is 1. The molecule has 0 saturated carbocycles. The Morgan fingerprint density at radius 1 is 1.33 bits per heavy atom. The quantitative estimate of drug-likeness (QED) is 0.815. The van der Waals surface area contributed by atoms with Gasteiger partial charge in [0.2, 0.25) is 0 Å². The zero-order valence-corrected chi connectivity index (χ0v) is 12.4. The van der Waals surface area contributed by atoms with Crippen LogP contribution < -0.4 is 5.32 Å². The SMILES string of the molecule is CCCNC1CCCN(CC2CCC(C)(C)O2)C1. The molecular weight excluding hydrogens is 224 g/mol. The number of rotatable bonds is 5. The molecule has 18 heavy (non-hydrogen) atoms. The van der Waals surface area contributed by atoms with E-state index in [9.17, 15) is 0 Å². The van der Waals surface area contributed by atoms with Crippen molar-refractivity contribution in [2.24, 2.45) is 0 Å². The Kier molecular flexibility index (Phi) is 5.05. The van der Waals surface area contributed by atoms with Crippen LogP contribution in [0.15, 0.2) is 0 Å². The number of likely N-dealkylation sites (tertiary alicyclic amines) is 1. The number of hydrogen-bond acceptors (Lipinski definition) is 3. The molecule has 2 heterocycles. The van der Waals surface area contributed by atoms with Gasteiger partial charge in [-0.15, -0.1) is 0 Å². The third kappa shape index (κ3) is 4.22. The van der Waals surface area contributed by atoms with Crippen molar-refractivity contribution >= 4 is 0 Å². The molecule has 2 aliphatic rings. The van der Waals surface area contributed by atoms with Gasteiger partial charge in [-0.25, -0.2) is 0 Å². The zero-order valence-electron chi connectivity index (χ0n) is 12.4. The minimum absolute atomic E-state index is 0.111. The van der Waals surface area contributed by atoms with Gasteiger partial charge in [0.05, 0.1) is 11.7 Å². The molecule has 3 nitrogen and oxygen atoms in total. The fourth-order valence-electron chi connectivity index (χ4n) is 3.23. The molecule has 0 bridgehead atoms. The largest absolute Gasteiger partial charge is 0.371 e. The van der Waals surface area contributed by atoms with E-state index in [0.717, 1.165) is 13.1 Å². The number of nitrogens with zero attached hydrogens (tertiary/aromatic N) is 1. The van der Waals surface area contributed by atoms with Gasteiger partial charge in [-0.2, -0.15) is 0 Å². The van der Waals surface area contributed by atoms with E-state index in [0.29, 0.717) is 12.1 Å². The van der Waals surface area contributed by atoms with Crippen molar-refractivity contribution in [2.45, 2.75) is 70.6 Å². The van der Waals surface area contributed by atoms with Crippen LogP contribution >= 0.6 is 0 Å². The van der Waals surface area contributed by atoms with Crippen LogP contribution in [0.1, 0.15) is 52.9 Å². The lowest BCUT2D eigenvalue weighted by Crippen LogP contribution is -2.48. The summed E-state index contributed by atoms with van der Waals surface area (Å²) in [4.78, 5) is 2.60. The van der Waals surface area contributed by atoms with Crippen LogP contribution in [0.2, 0.25) is 0 Å².